The second kappa shape index (κ2) is 7.52. The van der Waals surface area contributed by atoms with E-state index in [2.05, 4.69) is 17.4 Å². The lowest BCUT2D eigenvalue weighted by atomic mass is 10.0. The fourth-order valence-corrected chi connectivity index (χ4v) is 3.39. The van der Waals surface area contributed by atoms with Crippen molar-refractivity contribution in [3.8, 4) is 22.8 Å². The largest absolute Gasteiger partial charge is 0.356 e. The third-order valence-electron chi connectivity index (χ3n) is 4.82. The molecule has 0 radical (unpaired) electrons. The molecule has 5 nitrogen and oxygen atoms in total. The summed E-state index contributed by atoms with van der Waals surface area (Å²) in [5, 5.41) is 7.75. The molecule has 0 saturated carbocycles. The molecule has 1 amide bonds. The molecule has 2 aromatic carbocycles. The smallest absolute Gasteiger partial charge is 0.220 e. The number of rotatable bonds is 4. The van der Waals surface area contributed by atoms with Crippen LogP contribution < -0.4 is 5.32 Å². The minimum atomic E-state index is 0.152. The molecular weight excluding hydrogens is 324 g/mol. The van der Waals surface area contributed by atoms with Crippen LogP contribution >= 0.6 is 0 Å². The Morgan fingerprint density at radius 3 is 2.38 bits per heavy atom. The maximum atomic E-state index is 11.6. The highest BCUT2D eigenvalue weighted by molar-refractivity contribution is 5.76. The lowest BCUT2D eigenvalue weighted by Gasteiger charge is -2.14. The third kappa shape index (κ3) is 3.67. The highest BCUT2D eigenvalue weighted by atomic mass is 16.1. The van der Waals surface area contributed by atoms with Gasteiger partial charge in [0, 0.05) is 30.6 Å². The number of benzene rings is 2. The van der Waals surface area contributed by atoms with Gasteiger partial charge in [-0.1, -0.05) is 60.7 Å². The zero-order valence-corrected chi connectivity index (χ0v) is 14.6. The van der Waals surface area contributed by atoms with Crippen molar-refractivity contribution in [3.05, 3.63) is 60.7 Å². The number of hydrogen-bond donors (Lipinski definition) is 1. The van der Waals surface area contributed by atoms with Gasteiger partial charge < -0.3 is 5.32 Å². The Labute approximate surface area is 153 Å². The summed E-state index contributed by atoms with van der Waals surface area (Å²) in [6.07, 6.45) is 2.45. The van der Waals surface area contributed by atoms with Crippen molar-refractivity contribution in [2.75, 3.05) is 6.54 Å². The van der Waals surface area contributed by atoms with Gasteiger partial charge in [0.05, 0.1) is 0 Å². The van der Waals surface area contributed by atoms with Gasteiger partial charge in [-0.15, -0.1) is 0 Å². The van der Waals surface area contributed by atoms with Gasteiger partial charge in [0.1, 0.15) is 0 Å². The first-order valence-electron chi connectivity index (χ1n) is 9.12. The third-order valence-corrected chi connectivity index (χ3v) is 4.82. The predicted molar refractivity (Wildman–Crippen MR) is 101 cm³/mol. The Morgan fingerprint density at radius 1 is 0.962 bits per heavy atom. The summed E-state index contributed by atoms with van der Waals surface area (Å²) in [5.74, 6) is 2.20. The van der Waals surface area contributed by atoms with Crippen LogP contribution in [0.15, 0.2) is 60.7 Å². The molecule has 26 heavy (non-hydrogen) atoms. The Balaban J connectivity index is 1.67. The van der Waals surface area contributed by atoms with E-state index in [0.717, 1.165) is 48.7 Å². The van der Waals surface area contributed by atoms with E-state index in [1.807, 2.05) is 53.2 Å². The monoisotopic (exact) mass is 346 g/mol. The lowest BCUT2D eigenvalue weighted by Crippen LogP contribution is -2.21. The van der Waals surface area contributed by atoms with Crippen molar-refractivity contribution in [1.29, 1.82) is 0 Å². The molecule has 1 N–H and O–H groups in total. The number of aromatic nitrogens is 3. The molecule has 0 aliphatic carbocycles. The van der Waals surface area contributed by atoms with Crippen LogP contribution in [0.3, 0.4) is 0 Å². The van der Waals surface area contributed by atoms with Crippen LogP contribution in [-0.4, -0.2) is 27.2 Å². The zero-order chi connectivity index (χ0) is 17.8. The number of nitrogens with zero attached hydrogens (tertiary/aromatic N) is 3. The summed E-state index contributed by atoms with van der Waals surface area (Å²) < 4.78 is 2.01. The van der Waals surface area contributed by atoms with Crippen molar-refractivity contribution >= 4 is 5.91 Å². The molecule has 1 saturated heterocycles. The maximum absolute atomic E-state index is 11.6. The summed E-state index contributed by atoms with van der Waals surface area (Å²) in [6.45, 7) is 1.52. The molecule has 1 aliphatic heterocycles. The van der Waals surface area contributed by atoms with Gasteiger partial charge in [0.25, 0.3) is 0 Å². The van der Waals surface area contributed by atoms with Gasteiger partial charge >= 0.3 is 0 Å². The number of hydrogen-bond acceptors (Lipinski definition) is 3. The van der Waals surface area contributed by atoms with Crippen LogP contribution in [0.2, 0.25) is 0 Å². The van der Waals surface area contributed by atoms with Crippen LogP contribution in [0.4, 0.5) is 0 Å². The van der Waals surface area contributed by atoms with E-state index in [1.54, 1.807) is 0 Å². The molecule has 5 heteroatoms. The van der Waals surface area contributed by atoms with Gasteiger partial charge in [-0.05, 0) is 18.8 Å². The fourth-order valence-electron chi connectivity index (χ4n) is 3.39. The van der Waals surface area contributed by atoms with Gasteiger partial charge in [0.15, 0.2) is 11.6 Å². The molecule has 1 aliphatic rings. The topological polar surface area (TPSA) is 59.8 Å². The van der Waals surface area contributed by atoms with E-state index < -0.39 is 0 Å². The van der Waals surface area contributed by atoms with E-state index >= 15 is 0 Å². The quantitative estimate of drug-likeness (QED) is 0.786. The Hall–Kier alpha value is -2.95. The van der Waals surface area contributed by atoms with Crippen molar-refractivity contribution in [1.82, 2.24) is 20.1 Å². The number of amides is 1. The molecule has 3 aromatic rings. The van der Waals surface area contributed by atoms with Crippen LogP contribution in [0.1, 0.15) is 19.3 Å². The van der Waals surface area contributed by atoms with E-state index in [0.29, 0.717) is 12.3 Å². The Kier molecular flexibility index (Phi) is 4.78. The van der Waals surface area contributed by atoms with Gasteiger partial charge in [-0.25, -0.2) is 9.67 Å². The molecule has 1 atom stereocenters. The lowest BCUT2D eigenvalue weighted by molar-refractivity contribution is -0.120. The summed E-state index contributed by atoms with van der Waals surface area (Å²) in [5.41, 5.74) is 2.08. The van der Waals surface area contributed by atoms with Crippen LogP contribution in [-0.2, 0) is 11.3 Å². The predicted octanol–water partition coefficient (Wildman–Crippen LogP) is 3.53. The highest BCUT2D eigenvalue weighted by Crippen LogP contribution is 2.25. The zero-order valence-electron chi connectivity index (χ0n) is 14.6. The summed E-state index contributed by atoms with van der Waals surface area (Å²) in [6, 6.07) is 20.2. The molecule has 0 bridgehead atoms. The molecular formula is C21H22N4O. The molecule has 1 aromatic heterocycles. The normalized spacial score (nSPS) is 17.5. The van der Waals surface area contributed by atoms with Gasteiger partial charge in [-0.2, -0.15) is 5.10 Å². The first-order chi connectivity index (χ1) is 12.8. The van der Waals surface area contributed by atoms with Gasteiger partial charge in [0.2, 0.25) is 5.91 Å². The van der Waals surface area contributed by atoms with E-state index in [9.17, 15) is 4.79 Å². The Bertz CT molecular complexity index is 874. The second-order valence-electron chi connectivity index (χ2n) is 6.72. The summed E-state index contributed by atoms with van der Waals surface area (Å²) in [7, 11) is 0. The number of carbonyl (C=O) groups excluding carboxylic acids is 1. The molecule has 132 valence electrons. The molecule has 2 heterocycles. The first-order valence-corrected chi connectivity index (χ1v) is 9.12. The standard InChI is InChI=1S/C21H22N4O/c26-19-12-11-16(13-14-22-19)15-25-21(18-9-5-2-6-10-18)23-20(24-25)17-7-3-1-4-8-17/h1-10,16H,11-15H2,(H,22,26)/t16-/m1/s1. The van der Waals surface area contributed by atoms with E-state index in [-0.39, 0.29) is 5.91 Å². The maximum Gasteiger partial charge on any atom is 0.220 e. The summed E-state index contributed by atoms with van der Waals surface area (Å²) in [4.78, 5) is 16.4. The fraction of sp³-hybridized carbons (Fsp3) is 0.286. The summed E-state index contributed by atoms with van der Waals surface area (Å²) >= 11 is 0. The SMILES string of the molecule is O=C1CC[C@@H](Cn2nc(-c3ccccc3)nc2-c2ccccc2)CCN1. The van der Waals surface area contributed by atoms with Crippen LogP contribution in [0, 0.1) is 5.92 Å². The molecule has 0 spiro atoms. The minimum absolute atomic E-state index is 0.152. The van der Waals surface area contributed by atoms with Crippen molar-refractivity contribution in [2.45, 2.75) is 25.8 Å². The number of nitrogens with one attached hydrogen (secondary N) is 1. The highest BCUT2D eigenvalue weighted by Gasteiger charge is 2.20. The number of carbonyl (C=O) groups is 1. The molecule has 0 unspecified atom stereocenters. The van der Waals surface area contributed by atoms with Gasteiger partial charge in [-0.3, -0.25) is 4.79 Å². The molecule has 1 fully saturated rings. The van der Waals surface area contributed by atoms with E-state index in [4.69, 9.17) is 10.1 Å². The van der Waals surface area contributed by atoms with Crippen molar-refractivity contribution in [3.63, 3.8) is 0 Å². The van der Waals surface area contributed by atoms with Crippen LogP contribution in [0.5, 0.6) is 0 Å². The minimum Gasteiger partial charge on any atom is -0.356 e. The van der Waals surface area contributed by atoms with Crippen LogP contribution in [0.25, 0.3) is 22.8 Å². The average molecular weight is 346 g/mol. The van der Waals surface area contributed by atoms with E-state index in [1.165, 1.54) is 0 Å². The Morgan fingerprint density at radius 2 is 1.65 bits per heavy atom. The van der Waals surface area contributed by atoms with Crippen molar-refractivity contribution in [2.24, 2.45) is 5.92 Å². The molecule has 4 rings (SSSR count). The second-order valence-corrected chi connectivity index (χ2v) is 6.72. The first kappa shape index (κ1) is 16.5. The average Bonchev–Trinajstić information content (AvgIpc) is 3.00. The van der Waals surface area contributed by atoms with Crippen molar-refractivity contribution < 1.29 is 4.79 Å².